The molecule has 1 heterocycles. The van der Waals surface area contributed by atoms with Crippen LogP contribution in [0.4, 0.5) is 0 Å². The van der Waals surface area contributed by atoms with Crippen molar-refractivity contribution in [3.63, 3.8) is 0 Å². The number of hydrogen-bond donors (Lipinski definition) is 4. The van der Waals surface area contributed by atoms with Crippen LogP contribution in [-0.2, 0) is 4.79 Å². The van der Waals surface area contributed by atoms with Crippen LogP contribution in [0, 0.1) is 0 Å². The maximum atomic E-state index is 10.8. The van der Waals surface area contributed by atoms with Gasteiger partial charge < -0.3 is 15.3 Å². The molecule has 0 saturated carbocycles. The maximum Gasteiger partial charge on any atom is 0.268 e. The highest BCUT2D eigenvalue weighted by atomic mass is 16.4. The fourth-order valence-electron chi connectivity index (χ4n) is 1.03. The van der Waals surface area contributed by atoms with E-state index in [4.69, 9.17) is 21.2 Å². The van der Waals surface area contributed by atoms with E-state index >= 15 is 0 Å². The third kappa shape index (κ3) is 1.10. The molecular weight excluding hydrogens is 152 g/mol. The summed E-state index contributed by atoms with van der Waals surface area (Å²) in [5.74, 6) is 4.35. The normalized spacial score (nSPS) is 38.4. The first-order chi connectivity index (χ1) is 5.09. The van der Waals surface area contributed by atoms with Gasteiger partial charge in [-0.15, -0.1) is 0 Å². The molecule has 1 rings (SSSR count). The van der Waals surface area contributed by atoms with Gasteiger partial charge in [0.1, 0.15) is 12.1 Å². The van der Waals surface area contributed by atoms with Gasteiger partial charge in [0, 0.05) is 0 Å². The van der Waals surface area contributed by atoms with Crippen LogP contribution in [0.2, 0.25) is 0 Å². The number of carbonyl (C=O) groups is 1. The number of rotatable bonds is 1. The summed E-state index contributed by atoms with van der Waals surface area (Å²) in [6.07, 6.45) is -2.80. The first-order valence-electron chi connectivity index (χ1n) is 3.14. The van der Waals surface area contributed by atoms with E-state index in [0.717, 1.165) is 0 Å². The smallest absolute Gasteiger partial charge is 0.268 e. The summed E-state index contributed by atoms with van der Waals surface area (Å²) in [6, 6.07) is -0.891. The molecule has 1 amide bonds. The molecule has 3 atom stereocenters. The average molecular weight is 162 g/mol. The van der Waals surface area contributed by atoms with Crippen LogP contribution in [-0.4, -0.2) is 51.1 Å². The molecule has 64 valence electrons. The minimum Gasteiger partial charge on any atom is -0.394 e. The molecule has 0 aromatic heterocycles. The Morgan fingerprint density at radius 2 is 2.09 bits per heavy atom. The van der Waals surface area contributed by atoms with E-state index in [1.165, 1.54) is 0 Å². The van der Waals surface area contributed by atoms with E-state index in [1.54, 1.807) is 0 Å². The number of aliphatic hydroxyl groups is 3. The zero-order chi connectivity index (χ0) is 8.59. The molecule has 0 spiro atoms. The van der Waals surface area contributed by atoms with E-state index in [2.05, 4.69) is 0 Å². The second kappa shape index (κ2) is 2.74. The fraction of sp³-hybridized carbons (Fsp3) is 0.800. The molecule has 1 aliphatic rings. The molecule has 1 aliphatic heterocycles. The second-order valence-electron chi connectivity index (χ2n) is 2.43. The molecule has 0 aromatic carbocycles. The third-order valence-corrected chi connectivity index (χ3v) is 1.77. The highest BCUT2D eigenvalue weighted by molar-refractivity contribution is 5.83. The van der Waals surface area contributed by atoms with Gasteiger partial charge in [0.25, 0.3) is 5.91 Å². The summed E-state index contributed by atoms with van der Waals surface area (Å²) < 4.78 is 0. The van der Waals surface area contributed by atoms with Gasteiger partial charge in [-0.1, -0.05) is 0 Å². The van der Waals surface area contributed by atoms with Crippen molar-refractivity contribution in [2.75, 3.05) is 6.61 Å². The van der Waals surface area contributed by atoms with Crippen LogP contribution >= 0.6 is 0 Å². The summed E-state index contributed by atoms with van der Waals surface area (Å²) in [5, 5.41) is 27.2. The third-order valence-electron chi connectivity index (χ3n) is 1.77. The van der Waals surface area contributed by atoms with Gasteiger partial charge in [-0.25, -0.2) is 5.84 Å². The van der Waals surface area contributed by atoms with Crippen LogP contribution in [0.5, 0.6) is 0 Å². The van der Waals surface area contributed by atoms with Gasteiger partial charge >= 0.3 is 0 Å². The van der Waals surface area contributed by atoms with Crippen LogP contribution in [0.15, 0.2) is 0 Å². The molecule has 6 nitrogen and oxygen atoms in total. The van der Waals surface area contributed by atoms with E-state index in [1.807, 2.05) is 0 Å². The molecule has 11 heavy (non-hydrogen) atoms. The Kier molecular flexibility index (Phi) is 2.10. The Morgan fingerprint density at radius 3 is 2.27 bits per heavy atom. The minimum atomic E-state index is -1.50. The predicted molar refractivity (Wildman–Crippen MR) is 33.9 cm³/mol. The number of hydrazine groups is 1. The van der Waals surface area contributed by atoms with Gasteiger partial charge in [-0.2, -0.15) is 0 Å². The molecule has 1 saturated heterocycles. The Balaban J connectivity index is 2.77. The second-order valence-corrected chi connectivity index (χ2v) is 2.43. The highest BCUT2D eigenvalue weighted by Gasteiger charge is 2.44. The Morgan fingerprint density at radius 1 is 1.55 bits per heavy atom. The van der Waals surface area contributed by atoms with Crippen LogP contribution in [0.25, 0.3) is 0 Å². The lowest BCUT2D eigenvalue weighted by atomic mass is 10.1. The summed E-state index contributed by atoms with van der Waals surface area (Å²) in [4.78, 5) is 10.8. The summed E-state index contributed by atoms with van der Waals surface area (Å²) in [5.41, 5.74) is 0. The largest absolute Gasteiger partial charge is 0.394 e. The zero-order valence-corrected chi connectivity index (χ0v) is 5.71. The maximum absolute atomic E-state index is 10.8. The van der Waals surface area contributed by atoms with Crippen LogP contribution in [0.1, 0.15) is 0 Å². The lowest BCUT2D eigenvalue weighted by Crippen LogP contribution is -2.44. The Hall–Kier alpha value is -0.690. The highest BCUT2D eigenvalue weighted by Crippen LogP contribution is 2.15. The van der Waals surface area contributed by atoms with Crippen molar-refractivity contribution in [2.45, 2.75) is 18.2 Å². The molecule has 6 heteroatoms. The van der Waals surface area contributed by atoms with Crippen LogP contribution in [0.3, 0.4) is 0 Å². The van der Waals surface area contributed by atoms with Gasteiger partial charge in [0.2, 0.25) is 0 Å². The molecular formula is C5H10N2O4. The van der Waals surface area contributed by atoms with Crippen molar-refractivity contribution in [3.05, 3.63) is 0 Å². The molecule has 5 N–H and O–H groups in total. The van der Waals surface area contributed by atoms with Gasteiger partial charge in [-0.3, -0.25) is 9.80 Å². The first kappa shape index (κ1) is 8.41. The van der Waals surface area contributed by atoms with E-state index in [0.29, 0.717) is 5.01 Å². The van der Waals surface area contributed by atoms with Crippen molar-refractivity contribution >= 4 is 5.91 Å². The number of nitrogens with zero attached hydrogens (tertiary/aromatic N) is 1. The van der Waals surface area contributed by atoms with Crippen molar-refractivity contribution in [3.8, 4) is 0 Å². The van der Waals surface area contributed by atoms with Gasteiger partial charge in [0.15, 0.2) is 6.10 Å². The lowest BCUT2D eigenvalue weighted by Gasteiger charge is -2.17. The molecule has 0 unspecified atom stereocenters. The van der Waals surface area contributed by atoms with Gasteiger partial charge in [0.05, 0.1) is 6.61 Å². The lowest BCUT2D eigenvalue weighted by molar-refractivity contribution is -0.136. The molecule has 0 bridgehead atoms. The van der Waals surface area contributed by atoms with Crippen molar-refractivity contribution in [2.24, 2.45) is 5.84 Å². The Labute approximate surface area is 62.8 Å². The number of amides is 1. The molecule has 0 aliphatic carbocycles. The first-order valence-corrected chi connectivity index (χ1v) is 3.14. The van der Waals surface area contributed by atoms with Crippen molar-refractivity contribution in [1.82, 2.24) is 5.01 Å². The minimum absolute atomic E-state index is 0.458. The molecule has 1 fully saturated rings. The number of carbonyl (C=O) groups excluding carboxylic acids is 1. The fourth-order valence-corrected chi connectivity index (χ4v) is 1.03. The predicted octanol–water partition coefficient (Wildman–Crippen LogP) is -3.21. The summed E-state index contributed by atoms with van der Waals surface area (Å²) >= 11 is 0. The zero-order valence-electron chi connectivity index (χ0n) is 5.71. The van der Waals surface area contributed by atoms with E-state index in [9.17, 15) is 4.79 Å². The topological polar surface area (TPSA) is 107 Å². The standard InChI is InChI=1S/C5H10N2O4/c6-7-2(1-8)3(9)4(10)5(7)11/h2-4,8-10H,1,6H2/t2-,3-,4+/m1/s1. The quantitative estimate of drug-likeness (QED) is 0.240. The number of aliphatic hydroxyl groups excluding tert-OH is 3. The van der Waals surface area contributed by atoms with E-state index < -0.39 is 30.8 Å². The van der Waals surface area contributed by atoms with E-state index in [-0.39, 0.29) is 0 Å². The number of hydrogen-bond acceptors (Lipinski definition) is 5. The summed E-state index contributed by atoms with van der Waals surface area (Å²) in [6.45, 7) is -0.458. The summed E-state index contributed by atoms with van der Waals surface area (Å²) in [7, 11) is 0. The Bertz CT molecular complexity index is 174. The SMILES string of the molecule is NN1C(=O)[C@@H](O)[C@H](O)[C@H]1CO. The average Bonchev–Trinajstić information content (AvgIpc) is 2.17. The molecule has 0 aromatic rings. The van der Waals surface area contributed by atoms with Crippen molar-refractivity contribution < 1.29 is 20.1 Å². The number of nitrogens with two attached hydrogens (primary N) is 1. The van der Waals surface area contributed by atoms with Crippen LogP contribution < -0.4 is 5.84 Å². The van der Waals surface area contributed by atoms with Crippen molar-refractivity contribution in [1.29, 1.82) is 0 Å². The van der Waals surface area contributed by atoms with Gasteiger partial charge in [-0.05, 0) is 0 Å². The molecule has 0 radical (unpaired) electrons. The monoisotopic (exact) mass is 162 g/mol.